The van der Waals surface area contributed by atoms with E-state index in [2.05, 4.69) is 34.3 Å². The Morgan fingerprint density at radius 1 is 1.07 bits per heavy atom. The van der Waals surface area contributed by atoms with Crippen LogP contribution in [0.25, 0.3) is 11.0 Å². The average Bonchev–Trinajstić information content (AvgIpc) is 3.17. The number of primary sulfonamides is 1. The van der Waals surface area contributed by atoms with Gasteiger partial charge in [0.05, 0.1) is 12.0 Å². The fourth-order valence-corrected chi connectivity index (χ4v) is 4.62. The largest absolute Gasteiger partial charge is 0.464 e. The van der Waals surface area contributed by atoms with E-state index in [0.717, 1.165) is 11.5 Å². The summed E-state index contributed by atoms with van der Waals surface area (Å²) in [5.41, 5.74) is 2.48. The number of nitrogens with zero attached hydrogens (tertiary/aromatic N) is 1. The van der Waals surface area contributed by atoms with Crippen molar-refractivity contribution in [2.24, 2.45) is 11.1 Å². The van der Waals surface area contributed by atoms with Crippen LogP contribution in [-0.4, -0.2) is 38.7 Å². The molecule has 1 aliphatic heterocycles. The highest BCUT2D eigenvalue weighted by Gasteiger charge is 2.24. The van der Waals surface area contributed by atoms with Crippen LogP contribution in [0.4, 0.5) is 0 Å². The van der Waals surface area contributed by atoms with E-state index < -0.39 is 10.0 Å². The molecule has 2 N–H and O–H groups in total. The van der Waals surface area contributed by atoms with Gasteiger partial charge in [0.1, 0.15) is 5.58 Å². The summed E-state index contributed by atoms with van der Waals surface area (Å²) >= 11 is 0. The standard InChI is InChI=1S/C21H29NO.C2H7NO2S/c1-2-6-17(7-3-1)10-13-22-14-11-18(12-15-22)20-16-23-21-9-5-4-8-19(20)21;1-2-6(3,4)5/h4-5,8-9,16-18H,1-3,6-7,10-15H2;2H2,1H3,(H2,3,4,5). The van der Waals surface area contributed by atoms with Crippen molar-refractivity contribution in [2.75, 3.05) is 25.4 Å². The van der Waals surface area contributed by atoms with E-state index in [1.54, 1.807) is 0 Å². The molecule has 1 aromatic carbocycles. The number of piperidine rings is 1. The van der Waals surface area contributed by atoms with E-state index in [0.29, 0.717) is 5.92 Å². The molecule has 1 aliphatic carbocycles. The van der Waals surface area contributed by atoms with Crippen LogP contribution in [0.15, 0.2) is 34.9 Å². The fraction of sp³-hybridized carbons (Fsp3) is 0.652. The minimum Gasteiger partial charge on any atom is -0.464 e. The Hall–Kier alpha value is -1.37. The molecule has 6 heteroatoms. The van der Waals surface area contributed by atoms with E-state index in [1.165, 1.54) is 88.9 Å². The zero-order chi connectivity index (χ0) is 20.7. The molecule has 0 unspecified atom stereocenters. The SMILES string of the molecule is CCS(N)(=O)=O.c1ccc2c(C3CCN(CCC4CCCCC4)CC3)coc2c1. The number of benzene rings is 1. The monoisotopic (exact) mass is 420 g/mol. The van der Waals surface area contributed by atoms with Crippen molar-refractivity contribution in [3.8, 4) is 0 Å². The number of likely N-dealkylation sites (tertiary alicyclic amines) is 1. The second kappa shape index (κ2) is 10.6. The first-order valence-corrected chi connectivity index (χ1v) is 12.9. The molecule has 2 heterocycles. The Labute approximate surface area is 175 Å². The predicted octanol–water partition coefficient (Wildman–Crippen LogP) is 4.88. The van der Waals surface area contributed by atoms with Gasteiger partial charge in [-0.05, 0) is 63.7 Å². The number of para-hydroxylation sites is 1. The molecule has 2 fully saturated rings. The lowest BCUT2D eigenvalue weighted by molar-refractivity contribution is 0.189. The van der Waals surface area contributed by atoms with Crippen LogP contribution in [0.1, 0.15) is 69.8 Å². The molecule has 162 valence electrons. The number of sulfonamides is 1. The molecule has 29 heavy (non-hydrogen) atoms. The molecule has 0 radical (unpaired) electrons. The molecular weight excluding hydrogens is 384 g/mol. The Morgan fingerprint density at radius 3 is 2.38 bits per heavy atom. The summed E-state index contributed by atoms with van der Waals surface area (Å²) in [6.07, 6.45) is 13.4. The summed E-state index contributed by atoms with van der Waals surface area (Å²) in [7, 11) is -3.16. The lowest BCUT2D eigenvalue weighted by Gasteiger charge is -2.33. The van der Waals surface area contributed by atoms with E-state index >= 15 is 0 Å². The molecular formula is C23H36N2O3S. The number of furan rings is 1. The first kappa shape index (κ1) is 22.3. The Balaban J connectivity index is 0.000000353. The number of hydrogen-bond acceptors (Lipinski definition) is 4. The summed E-state index contributed by atoms with van der Waals surface area (Å²) in [5, 5.41) is 5.83. The molecule has 0 spiro atoms. The van der Waals surface area contributed by atoms with Gasteiger partial charge in [0.25, 0.3) is 0 Å². The zero-order valence-corrected chi connectivity index (χ0v) is 18.5. The highest BCUT2D eigenvalue weighted by molar-refractivity contribution is 7.89. The second-order valence-corrected chi connectivity index (χ2v) is 10.5. The first-order chi connectivity index (χ1) is 14.0. The van der Waals surface area contributed by atoms with Crippen molar-refractivity contribution < 1.29 is 12.8 Å². The van der Waals surface area contributed by atoms with Gasteiger partial charge in [-0.3, -0.25) is 0 Å². The number of rotatable bonds is 5. The number of fused-ring (bicyclic) bond motifs is 1. The molecule has 0 amide bonds. The van der Waals surface area contributed by atoms with Crippen molar-refractivity contribution in [1.29, 1.82) is 0 Å². The van der Waals surface area contributed by atoms with Gasteiger partial charge in [-0.2, -0.15) is 0 Å². The lowest BCUT2D eigenvalue weighted by atomic mass is 9.86. The summed E-state index contributed by atoms with van der Waals surface area (Å²) in [4.78, 5) is 2.70. The van der Waals surface area contributed by atoms with Gasteiger partial charge in [-0.1, -0.05) is 50.3 Å². The maximum absolute atomic E-state index is 9.78. The van der Waals surface area contributed by atoms with Crippen molar-refractivity contribution in [2.45, 2.75) is 64.2 Å². The molecule has 0 bridgehead atoms. The van der Waals surface area contributed by atoms with Crippen LogP contribution < -0.4 is 5.14 Å². The van der Waals surface area contributed by atoms with Crippen LogP contribution in [0, 0.1) is 5.92 Å². The fourth-order valence-electron chi connectivity index (χ4n) is 4.62. The molecule has 5 nitrogen and oxygen atoms in total. The van der Waals surface area contributed by atoms with Crippen LogP contribution >= 0.6 is 0 Å². The Morgan fingerprint density at radius 2 is 1.72 bits per heavy atom. The molecule has 1 aromatic heterocycles. The van der Waals surface area contributed by atoms with E-state index in [-0.39, 0.29) is 5.75 Å². The van der Waals surface area contributed by atoms with Crippen LogP contribution in [0.3, 0.4) is 0 Å². The third-order valence-corrected chi connectivity index (χ3v) is 7.32. The Bertz CT molecular complexity index is 848. The minimum atomic E-state index is -3.16. The topological polar surface area (TPSA) is 76.5 Å². The second-order valence-electron chi connectivity index (χ2n) is 8.55. The quantitative estimate of drug-likeness (QED) is 0.748. The van der Waals surface area contributed by atoms with Crippen molar-refractivity contribution in [1.82, 2.24) is 4.90 Å². The zero-order valence-electron chi connectivity index (χ0n) is 17.7. The van der Waals surface area contributed by atoms with Crippen LogP contribution in [0.5, 0.6) is 0 Å². The molecule has 1 saturated carbocycles. The molecule has 1 saturated heterocycles. The Kier molecular flexibility index (Phi) is 8.16. The summed E-state index contributed by atoms with van der Waals surface area (Å²) < 4.78 is 25.3. The van der Waals surface area contributed by atoms with Gasteiger partial charge in [0.2, 0.25) is 10.0 Å². The summed E-state index contributed by atoms with van der Waals surface area (Å²) in [6, 6.07) is 8.48. The van der Waals surface area contributed by atoms with Gasteiger partial charge in [0.15, 0.2) is 0 Å². The first-order valence-electron chi connectivity index (χ1n) is 11.1. The smallest absolute Gasteiger partial charge is 0.208 e. The molecule has 2 aliphatic rings. The normalized spacial score (nSPS) is 19.8. The van der Waals surface area contributed by atoms with Crippen molar-refractivity contribution in [3.63, 3.8) is 0 Å². The van der Waals surface area contributed by atoms with Gasteiger partial charge < -0.3 is 9.32 Å². The van der Waals surface area contributed by atoms with Crippen LogP contribution in [-0.2, 0) is 10.0 Å². The van der Waals surface area contributed by atoms with Gasteiger partial charge >= 0.3 is 0 Å². The highest BCUT2D eigenvalue weighted by atomic mass is 32.2. The predicted molar refractivity (Wildman–Crippen MR) is 119 cm³/mol. The maximum Gasteiger partial charge on any atom is 0.208 e. The minimum absolute atomic E-state index is 0.0208. The molecule has 4 rings (SSSR count). The van der Waals surface area contributed by atoms with Gasteiger partial charge in [0, 0.05) is 10.9 Å². The molecule has 0 atom stereocenters. The third kappa shape index (κ3) is 6.83. The molecule has 2 aromatic rings. The van der Waals surface area contributed by atoms with Crippen molar-refractivity contribution >= 4 is 21.0 Å². The third-order valence-electron chi connectivity index (χ3n) is 6.52. The van der Waals surface area contributed by atoms with E-state index in [9.17, 15) is 8.42 Å². The van der Waals surface area contributed by atoms with E-state index in [1.807, 2.05) is 6.26 Å². The van der Waals surface area contributed by atoms with Gasteiger partial charge in [-0.15, -0.1) is 0 Å². The number of nitrogens with two attached hydrogens (primary N) is 1. The average molecular weight is 421 g/mol. The maximum atomic E-state index is 9.78. The number of hydrogen-bond donors (Lipinski definition) is 1. The lowest BCUT2D eigenvalue weighted by Crippen LogP contribution is -2.34. The van der Waals surface area contributed by atoms with Crippen LogP contribution in [0.2, 0.25) is 0 Å². The summed E-state index contributed by atoms with van der Waals surface area (Å²) in [5.74, 6) is 1.72. The van der Waals surface area contributed by atoms with Crippen molar-refractivity contribution in [3.05, 3.63) is 36.1 Å². The van der Waals surface area contributed by atoms with E-state index in [4.69, 9.17) is 4.42 Å². The highest BCUT2D eigenvalue weighted by Crippen LogP contribution is 2.34. The van der Waals surface area contributed by atoms with Gasteiger partial charge in [-0.25, -0.2) is 13.6 Å². The summed E-state index contributed by atoms with van der Waals surface area (Å²) in [6.45, 7) is 5.34.